The molecular formula is C9H18O4S. The SMILES string of the molecule is CCOCC(O)CSCC(=O)OCC. The van der Waals surface area contributed by atoms with E-state index in [4.69, 9.17) is 9.47 Å². The lowest BCUT2D eigenvalue weighted by Gasteiger charge is -2.09. The van der Waals surface area contributed by atoms with Gasteiger partial charge in [-0.3, -0.25) is 4.79 Å². The lowest BCUT2D eigenvalue weighted by molar-refractivity contribution is -0.139. The third kappa shape index (κ3) is 8.34. The Morgan fingerprint density at radius 2 is 2.14 bits per heavy atom. The molecule has 0 saturated heterocycles. The lowest BCUT2D eigenvalue weighted by atomic mass is 10.4. The molecule has 0 rings (SSSR count). The van der Waals surface area contributed by atoms with Crippen LogP contribution in [0.25, 0.3) is 0 Å². The molecule has 0 bridgehead atoms. The highest BCUT2D eigenvalue weighted by molar-refractivity contribution is 7.99. The van der Waals surface area contributed by atoms with Crippen LogP contribution >= 0.6 is 11.8 Å². The fourth-order valence-electron chi connectivity index (χ4n) is 0.783. The van der Waals surface area contributed by atoms with Crippen molar-refractivity contribution in [1.29, 1.82) is 0 Å². The van der Waals surface area contributed by atoms with Gasteiger partial charge in [-0.15, -0.1) is 11.8 Å². The average Bonchev–Trinajstić information content (AvgIpc) is 2.15. The lowest BCUT2D eigenvalue weighted by Crippen LogP contribution is -2.19. The maximum absolute atomic E-state index is 10.9. The highest BCUT2D eigenvalue weighted by atomic mass is 32.2. The summed E-state index contributed by atoms with van der Waals surface area (Å²) < 4.78 is 9.75. The molecule has 0 heterocycles. The Morgan fingerprint density at radius 1 is 1.43 bits per heavy atom. The fraction of sp³-hybridized carbons (Fsp3) is 0.889. The molecular weight excluding hydrogens is 204 g/mol. The molecule has 5 heteroatoms. The maximum Gasteiger partial charge on any atom is 0.315 e. The zero-order chi connectivity index (χ0) is 10.8. The molecule has 0 radical (unpaired) electrons. The largest absolute Gasteiger partial charge is 0.465 e. The van der Waals surface area contributed by atoms with Gasteiger partial charge in [0, 0.05) is 12.4 Å². The van der Waals surface area contributed by atoms with Gasteiger partial charge in [0.15, 0.2) is 0 Å². The van der Waals surface area contributed by atoms with Gasteiger partial charge in [-0.1, -0.05) is 0 Å². The minimum Gasteiger partial charge on any atom is -0.465 e. The normalized spacial score (nSPS) is 12.5. The average molecular weight is 222 g/mol. The van der Waals surface area contributed by atoms with Crippen molar-refractivity contribution >= 4 is 17.7 Å². The maximum atomic E-state index is 10.9. The minimum atomic E-state index is -0.505. The van der Waals surface area contributed by atoms with E-state index in [1.807, 2.05) is 6.92 Å². The molecule has 14 heavy (non-hydrogen) atoms. The summed E-state index contributed by atoms with van der Waals surface area (Å²) in [6.07, 6.45) is -0.505. The summed E-state index contributed by atoms with van der Waals surface area (Å²) in [6.45, 7) is 4.97. The Kier molecular flexibility index (Phi) is 9.13. The van der Waals surface area contributed by atoms with Gasteiger partial charge in [-0.2, -0.15) is 0 Å². The predicted molar refractivity (Wildman–Crippen MR) is 56.5 cm³/mol. The summed E-state index contributed by atoms with van der Waals surface area (Å²) in [5.74, 6) is 0.552. The molecule has 0 aromatic carbocycles. The van der Waals surface area contributed by atoms with Crippen molar-refractivity contribution < 1.29 is 19.4 Å². The third-order valence-corrected chi connectivity index (χ3v) is 2.41. The zero-order valence-corrected chi connectivity index (χ0v) is 9.51. The number of carbonyl (C=O) groups excluding carboxylic acids is 1. The first-order valence-electron chi connectivity index (χ1n) is 4.69. The topological polar surface area (TPSA) is 55.8 Å². The van der Waals surface area contributed by atoms with Crippen LogP contribution in [0.2, 0.25) is 0 Å². The molecule has 0 spiro atoms. The van der Waals surface area contributed by atoms with Crippen molar-refractivity contribution in [3.05, 3.63) is 0 Å². The Morgan fingerprint density at radius 3 is 2.71 bits per heavy atom. The van der Waals surface area contributed by atoms with Crippen LogP contribution in [0.15, 0.2) is 0 Å². The van der Waals surface area contributed by atoms with Crippen molar-refractivity contribution in [2.45, 2.75) is 20.0 Å². The second kappa shape index (κ2) is 9.30. The molecule has 1 atom stereocenters. The molecule has 1 N–H and O–H groups in total. The van der Waals surface area contributed by atoms with Gasteiger partial charge in [0.25, 0.3) is 0 Å². The standard InChI is InChI=1S/C9H18O4S/c1-3-12-5-8(10)6-14-7-9(11)13-4-2/h8,10H,3-7H2,1-2H3. The van der Waals surface area contributed by atoms with Crippen LogP contribution < -0.4 is 0 Å². The van der Waals surface area contributed by atoms with Crippen LogP contribution in [0.4, 0.5) is 0 Å². The molecule has 0 aromatic heterocycles. The second-order valence-electron chi connectivity index (χ2n) is 2.63. The summed E-state index contributed by atoms with van der Waals surface area (Å²) in [6, 6.07) is 0. The molecule has 0 aliphatic heterocycles. The zero-order valence-electron chi connectivity index (χ0n) is 8.69. The first kappa shape index (κ1) is 13.7. The van der Waals surface area contributed by atoms with E-state index in [0.29, 0.717) is 25.6 Å². The monoisotopic (exact) mass is 222 g/mol. The molecule has 0 aliphatic carbocycles. The van der Waals surface area contributed by atoms with Gasteiger partial charge < -0.3 is 14.6 Å². The first-order valence-corrected chi connectivity index (χ1v) is 5.85. The fourth-order valence-corrected chi connectivity index (χ4v) is 1.52. The smallest absolute Gasteiger partial charge is 0.315 e. The van der Waals surface area contributed by atoms with E-state index in [0.717, 1.165) is 0 Å². The molecule has 4 nitrogen and oxygen atoms in total. The van der Waals surface area contributed by atoms with Gasteiger partial charge in [0.1, 0.15) is 0 Å². The molecule has 1 unspecified atom stereocenters. The van der Waals surface area contributed by atoms with Gasteiger partial charge in [-0.25, -0.2) is 0 Å². The van der Waals surface area contributed by atoms with Gasteiger partial charge in [0.05, 0.1) is 25.1 Å². The molecule has 84 valence electrons. The van der Waals surface area contributed by atoms with E-state index in [-0.39, 0.29) is 11.7 Å². The minimum absolute atomic E-state index is 0.235. The predicted octanol–water partition coefficient (Wildman–Crippen LogP) is 0.680. The Bertz CT molecular complexity index is 152. The number of aliphatic hydroxyl groups excluding tert-OH is 1. The third-order valence-electron chi connectivity index (χ3n) is 1.35. The Balaban J connectivity index is 3.29. The summed E-state index contributed by atoms with van der Waals surface area (Å²) in [5, 5.41) is 9.33. The van der Waals surface area contributed by atoms with Crippen molar-refractivity contribution in [1.82, 2.24) is 0 Å². The van der Waals surface area contributed by atoms with Crippen LogP contribution in [0.1, 0.15) is 13.8 Å². The molecule has 0 fully saturated rings. The van der Waals surface area contributed by atoms with Crippen LogP contribution in [0.5, 0.6) is 0 Å². The van der Waals surface area contributed by atoms with E-state index in [1.165, 1.54) is 11.8 Å². The van der Waals surface area contributed by atoms with Crippen molar-refractivity contribution in [3.63, 3.8) is 0 Å². The number of thioether (sulfide) groups is 1. The van der Waals surface area contributed by atoms with E-state index >= 15 is 0 Å². The highest BCUT2D eigenvalue weighted by Gasteiger charge is 2.06. The number of rotatable bonds is 8. The second-order valence-corrected chi connectivity index (χ2v) is 3.66. The van der Waals surface area contributed by atoms with E-state index in [9.17, 15) is 9.90 Å². The Labute approximate surface area is 89.0 Å². The number of hydrogen-bond acceptors (Lipinski definition) is 5. The van der Waals surface area contributed by atoms with E-state index in [2.05, 4.69) is 0 Å². The number of esters is 1. The molecule has 0 aromatic rings. The quantitative estimate of drug-likeness (QED) is 0.612. The van der Waals surface area contributed by atoms with Crippen LogP contribution in [0, 0.1) is 0 Å². The van der Waals surface area contributed by atoms with Crippen molar-refractivity contribution in [3.8, 4) is 0 Å². The highest BCUT2D eigenvalue weighted by Crippen LogP contribution is 2.04. The number of carbonyl (C=O) groups is 1. The molecule has 0 amide bonds. The summed E-state index contributed by atoms with van der Waals surface area (Å²) in [5.41, 5.74) is 0. The summed E-state index contributed by atoms with van der Waals surface area (Å²) in [7, 11) is 0. The molecule has 0 saturated carbocycles. The van der Waals surface area contributed by atoms with Crippen molar-refractivity contribution in [2.24, 2.45) is 0 Å². The summed E-state index contributed by atoms with van der Waals surface area (Å²) in [4.78, 5) is 10.9. The van der Waals surface area contributed by atoms with Gasteiger partial charge in [-0.05, 0) is 13.8 Å². The summed E-state index contributed by atoms with van der Waals surface area (Å²) >= 11 is 1.36. The Hall–Kier alpha value is -0.260. The van der Waals surface area contributed by atoms with Crippen LogP contribution in [-0.2, 0) is 14.3 Å². The van der Waals surface area contributed by atoms with Gasteiger partial charge >= 0.3 is 5.97 Å². The number of hydrogen-bond donors (Lipinski definition) is 1. The first-order chi connectivity index (χ1) is 6.70. The number of aliphatic hydroxyl groups is 1. The molecule has 0 aliphatic rings. The van der Waals surface area contributed by atoms with E-state index in [1.54, 1.807) is 6.92 Å². The number of ether oxygens (including phenoxy) is 2. The van der Waals surface area contributed by atoms with Crippen LogP contribution in [0.3, 0.4) is 0 Å². The van der Waals surface area contributed by atoms with Crippen molar-refractivity contribution in [2.75, 3.05) is 31.3 Å². The van der Waals surface area contributed by atoms with Gasteiger partial charge in [0.2, 0.25) is 0 Å². The van der Waals surface area contributed by atoms with E-state index < -0.39 is 6.10 Å². The van der Waals surface area contributed by atoms with Crippen LogP contribution in [-0.4, -0.2) is 48.5 Å².